The summed E-state index contributed by atoms with van der Waals surface area (Å²) >= 11 is 5.67. The SMILES string of the molecule is CONC(=O)c1cccc(Cl)c1. The lowest BCUT2D eigenvalue weighted by Crippen LogP contribution is -2.21. The second kappa shape index (κ2) is 4.09. The predicted molar refractivity (Wildman–Crippen MR) is 45.9 cm³/mol. The fourth-order valence-corrected chi connectivity index (χ4v) is 0.972. The maximum atomic E-state index is 11.1. The van der Waals surface area contributed by atoms with Gasteiger partial charge in [-0.1, -0.05) is 17.7 Å². The zero-order chi connectivity index (χ0) is 8.97. The minimum Gasteiger partial charge on any atom is -0.277 e. The predicted octanol–water partition coefficient (Wildman–Crippen LogP) is 1.63. The van der Waals surface area contributed by atoms with E-state index in [-0.39, 0.29) is 5.91 Å². The van der Waals surface area contributed by atoms with E-state index in [0.29, 0.717) is 10.6 Å². The molecule has 0 atom stereocenters. The first-order chi connectivity index (χ1) is 5.74. The summed E-state index contributed by atoms with van der Waals surface area (Å²) in [5, 5.41) is 0.527. The molecular weight excluding hydrogens is 178 g/mol. The molecule has 3 nitrogen and oxygen atoms in total. The highest BCUT2D eigenvalue weighted by Crippen LogP contribution is 2.10. The van der Waals surface area contributed by atoms with Gasteiger partial charge in [0.05, 0.1) is 7.11 Å². The van der Waals surface area contributed by atoms with Crippen LogP contribution in [-0.2, 0) is 4.84 Å². The Balaban J connectivity index is 2.81. The summed E-state index contributed by atoms with van der Waals surface area (Å²) in [7, 11) is 1.38. The molecule has 0 bridgehead atoms. The van der Waals surface area contributed by atoms with Crippen LogP contribution in [0.2, 0.25) is 5.02 Å². The van der Waals surface area contributed by atoms with Crippen LogP contribution in [0.4, 0.5) is 0 Å². The Bertz CT molecular complexity index is 288. The average Bonchev–Trinajstić information content (AvgIpc) is 2.05. The van der Waals surface area contributed by atoms with E-state index >= 15 is 0 Å². The first kappa shape index (κ1) is 9.03. The molecule has 0 aliphatic rings. The lowest BCUT2D eigenvalue weighted by atomic mass is 10.2. The summed E-state index contributed by atoms with van der Waals surface area (Å²) in [6, 6.07) is 6.62. The van der Waals surface area contributed by atoms with Crippen molar-refractivity contribution in [2.75, 3.05) is 7.11 Å². The average molecular weight is 186 g/mol. The van der Waals surface area contributed by atoms with Crippen molar-refractivity contribution < 1.29 is 9.63 Å². The van der Waals surface area contributed by atoms with E-state index in [2.05, 4.69) is 10.3 Å². The van der Waals surface area contributed by atoms with Crippen LogP contribution in [0.5, 0.6) is 0 Å². The first-order valence-corrected chi connectivity index (χ1v) is 3.70. The van der Waals surface area contributed by atoms with E-state index in [1.165, 1.54) is 7.11 Å². The second-order valence-electron chi connectivity index (χ2n) is 2.15. The van der Waals surface area contributed by atoms with Crippen LogP contribution in [0, 0.1) is 0 Å². The number of rotatable bonds is 2. The zero-order valence-corrected chi connectivity index (χ0v) is 7.26. The summed E-state index contributed by atoms with van der Waals surface area (Å²) in [5.41, 5.74) is 2.67. The Morgan fingerprint density at radius 3 is 2.92 bits per heavy atom. The molecule has 64 valence electrons. The normalized spacial score (nSPS) is 9.50. The van der Waals surface area contributed by atoms with Crippen LogP contribution in [-0.4, -0.2) is 13.0 Å². The van der Waals surface area contributed by atoms with Crippen molar-refractivity contribution in [1.29, 1.82) is 0 Å². The monoisotopic (exact) mass is 185 g/mol. The lowest BCUT2D eigenvalue weighted by Gasteiger charge is -2.00. The van der Waals surface area contributed by atoms with E-state index in [1.807, 2.05) is 0 Å². The van der Waals surface area contributed by atoms with Gasteiger partial charge in [0.15, 0.2) is 0 Å². The van der Waals surface area contributed by atoms with Crippen molar-refractivity contribution in [2.45, 2.75) is 0 Å². The number of hydrogen-bond acceptors (Lipinski definition) is 2. The molecule has 12 heavy (non-hydrogen) atoms. The van der Waals surface area contributed by atoms with Crippen LogP contribution in [0.1, 0.15) is 10.4 Å². The maximum absolute atomic E-state index is 11.1. The van der Waals surface area contributed by atoms with Crippen molar-refractivity contribution in [3.05, 3.63) is 34.9 Å². The summed E-state index contributed by atoms with van der Waals surface area (Å²) < 4.78 is 0. The van der Waals surface area contributed by atoms with E-state index in [9.17, 15) is 4.79 Å². The van der Waals surface area contributed by atoms with Gasteiger partial charge in [-0.2, -0.15) is 0 Å². The molecule has 0 aliphatic carbocycles. The molecule has 0 fully saturated rings. The molecule has 1 rings (SSSR count). The van der Waals surface area contributed by atoms with Gasteiger partial charge in [-0.15, -0.1) is 0 Å². The third-order valence-electron chi connectivity index (χ3n) is 1.28. The molecule has 0 saturated heterocycles. The maximum Gasteiger partial charge on any atom is 0.274 e. The number of halogens is 1. The molecule has 0 spiro atoms. The van der Waals surface area contributed by atoms with Gasteiger partial charge in [0.25, 0.3) is 5.91 Å². The minimum atomic E-state index is -0.306. The molecular formula is C8H8ClNO2. The summed E-state index contributed by atoms with van der Waals surface area (Å²) in [5.74, 6) is -0.306. The van der Waals surface area contributed by atoms with Crippen LogP contribution >= 0.6 is 11.6 Å². The number of hydrogen-bond donors (Lipinski definition) is 1. The molecule has 1 aromatic rings. The van der Waals surface area contributed by atoms with Crippen molar-refractivity contribution in [3.8, 4) is 0 Å². The number of nitrogens with one attached hydrogen (secondary N) is 1. The van der Waals surface area contributed by atoms with E-state index in [0.717, 1.165) is 0 Å². The Hall–Kier alpha value is -1.06. The standard InChI is InChI=1S/C8H8ClNO2/c1-12-10-8(11)6-3-2-4-7(9)5-6/h2-5H,1H3,(H,10,11). The van der Waals surface area contributed by atoms with Crippen molar-refractivity contribution in [3.63, 3.8) is 0 Å². The van der Waals surface area contributed by atoms with Crippen molar-refractivity contribution >= 4 is 17.5 Å². The van der Waals surface area contributed by atoms with Crippen LogP contribution in [0.15, 0.2) is 24.3 Å². The fraction of sp³-hybridized carbons (Fsp3) is 0.125. The second-order valence-corrected chi connectivity index (χ2v) is 2.58. The lowest BCUT2D eigenvalue weighted by molar-refractivity contribution is 0.0537. The van der Waals surface area contributed by atoms with Gasteiger partial charge in [0.1, 0.15) is 0 Å². The van der Waals surface area contributed by atoms with Crippen LogP contribution in [0.3, 0.4) is 0 Å². The van der Waals surface area contributed by atoms with Gasteiger partial charge in [-0.25, -0.2) is 5.48 Å². The Morgan fingerprint density at radius 1 is 1.58 bits per heavy atom. The van der Waals surface area contributed by atoms with Gasteiger partial charge in [-0.3, -0.25) is 9.63 Å². The van der Waals surface area contributed by atoms with Crippen molar-refractivity contribution in [2.24, 2.45) is 0 Å². The quantitative estimate of drug-likeness (QED) is 0.712. The zero-order valence-electron chi connectivity index (χ0n) is 6.50. The van der Waals surface area contributed by atoms with E-state index in [4.69, 9.17) is 11.6 Å². The molecule has 1 aromatic carbocycles. The molecule has 1 amide bonds. The summed E-state index contributed by atoms with van der Waals surface area (Å²) in [6.45, 7) is 0. The van der Waals surface area contributed by atoms with Gasteiger partial charge >= 0.3 is 0 Å². The largest absolute Gasteiger partial charge is 0.277 e. The first-order valence-electron chi connectivity index (χ1n) is 3.33. The highest BCUT2D eigenvalue weighted by molar-refractivity contribution is 6.30. The fourth-order valence-electron chi connectivity index (χ4n) is 0.781. The molecule has 0 saturated carbocycles. The number of hydroxylamine groups is 1. The summed E-state index contributed by atoms with van der Waals surface area (Å²) in [4.78, 5) is 15.6. The Morgan fingerprint density at radius 2 is 2.33 bits per heavy atom. The number of carbonyl (C=O) groups excluding carboxylic acids is 1. The molecule has 0 aliphatic heterocycles. The van der Waals surface area contributed by atoms with E-state index in [1.54, 1.807) is 24.3 Å². The third-order valence-corrected chi connectivity index (χ3v) is 1.52. The summed E-state index contributed by atoms with van der Waals surface area (Å²) in [6.07, 6.45) is 0. The van der Waals surface area contributed by atoms with Gasteiger partial charge < -0.3 is 0 Å². The molecule has 4 heteroatoms. The van der Waals surface area contributed by atoms with Gasteiger partial charge in [0, 0.05) is 10.6 Å². The molecule has 1 N–H and O–H groups in total. The number of amides is 1. The van der Waals surface area contributed by atoms with Crippen LogP contribution < -0.4 is 5.48 Å². The van der Waals surface area contributed by atoms with Gasteiger partial charge in [-0.05, 0) is 18.2 Å². The third kappa shape index (κ3) is 2.22. The molecule has 0 heterocycles. The van der Waals surface area contributed by atoms with Gasteiger partial charge in [0.2, 0.25) is 0 Å². The highest BCUT2D eigenvalue weighted by atomic mass is 35.5. The van der Waals surface area contributed by atoms with Crippen LogP contribution in [0.25, 0.3) is 0 Å². The molecule has 0 radical (unpaired) electrons. The topological polar surface area (TPSA) is 38.3 Å². The Kier molecular flexibility index (Phi) is 3.08. The Labute approximate surface area is 75.2 Å². The van der Waals surface area contributed by atoms with Crippen molar-refractivity contribution in [1.82, 2.24) is 5.48 Å². The number of benzene rings is 1. The smallest absolute Gasteiger partial charge is 0.274 e. The minimum absolute atomic E-state index is 0.306. The molecule has 0 unspecified atom stereocenters. The van der Waals surface area contributed by atoms with E-state index < -0.39 is 0 Å². The molecule has 0 aromatic heterocycles. The number of carbonyl (C=O) groups is 1. The highest BCUT2D eigenvalue weighted by Gasteiger charge is 2.03.